The fraction of sp³-hybridized carbons (Fsp3) is 0.118. The van der Waals surface area contributed by atoms with Crippen LogP contribution in [0.2, 0.25) is 0 Å². The molecule has 1 unspecified atom stereocenters. The molecule has 1 atom stereocenters. The molecule has 0 aliphatic carbocycles. The average Bonchev–Trinajstić information content (AvgIpc) is 3.22. The van der Waals surface area contributed by atoms with Crippen LogP contribution >= 0.6 is 35.3 Å². The number of hydrogen-bond acceptors (Lipinski definition) is 7. The fourth-order valence-electron chi connectivity index (χ4n) is 2.41. The summed E-state index contributed by atoms with van der Waals surface area (Å²) in [6, 6.07) is 8.36. The molecule has 0 bridgehead atoms. The van der Waals surface area contributed by atoms with Crippen molar-refractivity contribution in [3.8, 4) is 0 Å². The maximum atomic E-state index is 12.7. The summed E-state index contributed by atoms with van der Waals surface area (Å²) in [6.07, 6.45) is 1.75. The summed E-state index contributed by atoms with van der Waals surface area (Å²) in [5, 5.41) is 9.60. The number of nitrogens with zero attached hydrogens (tertiary/aromatic N) is 1. The number of amides is 2. The minimum absolute atomic E-state index is 0.0609. The zero-order valence-electron chi connectivity index (χ0n) is 14.5. The van der Waals surface area contributed by atoms with Crippen molar-refractivity contribution in [2.24, 2.45) is 5.14 Å². The average molecular weight is 454 g/mol. The van der Waals surface area contributed by atoms with Gasteiger partial charge in [0.15, 0.2) is 0 Å². The minimum Gasteiger partial charge on any atom is -0.324 e. The lowest BCUT2D eigenvalue weighted by Gasteiger charge is -2.22. The smallest absolute Gasteiger partial charge is 0.266 e. The highest BCUT2D eigenvalue weighted by atomic mass is 32.2. The van der Waals surface area contributed by atoms with Crippen molar-refractivity contribution in [2.45, 2.75) is 17.9 Å². The number of rotatable bonds is 5. The second-order valence-electron chi connectivity index (χ2n) is 5.80. The van der Waals surface area contributed by atoms with Gasteiger partial charge in [0.1, 0.15) is 10.4 Å². The molecule has 1 aliphatic heterocycles. The number of anilines is 1. The van der Waals surface area contributed by atoms with Crippen LogP contribution in [0.3, 0.4) is 0 Å². The van der Waals surface area contributed by atoms with Crippen LogP contribution in [0.25, 0.3) is 6.08 Å². The van der Waals surface area contributed by atoms with Gasteiger partial charge in [-0.2, -0.15) is 0 Å². The molecule has 0 spiro atoms. The Kier molecular flexibility index (Phi) is 6.01. The Morgan fingerprint density at radius 3 is 2.54 bits per heavy atom. The molecule has 1 aromatic carbocycles. The van der Waals surface area contributed by atoms with Crippen LogP contribution in [0.15, 0.2) is 51.6 Å². The van der Waals surface area contributed by atoms with Crippen molar-refractivity contribution in [3.63, 3.8) is 0 Å². The monoisotopic (exact) mass is 453 g/mol. The van der Waals surface area contributed by atoms with Gasteiger partial charge in [-0.3, -0.25) is 14.5 Å². The van der Waals surface area contributed by atoms with Crippen molar-refractivity contribution in [2.75, 3.05) is 5.32 Å². The predicted octanol–water partition coefficient (Wildman–Crippen LogP) is 2.62. The van der Waals surface area contributed by atoms with E-state index in [9.17, 15) is 18.0 Å². The Labute approximate surface area is 175 Å². The predicted molar refractivity (Wildman–Crippen MR) is 115 cm³/mol. The summed E-state index contributed by atoms with van der Waals surface area (Å²) in [7, 11) is -3.81. The summed E-state index contributed by atoms with van der Waals surface area (Å²) in [5.41, 5.74) is 0.379. The molecule has 2 amide bonds. The zero-order valence-corrected chi connectivity index (χ0v) is 17.8. The van der Waals surface area contributed by atoms with Crippen molar-refractivity contribution < 1.29 is 18.0 Å². The van der Waals surface area contributed by atoms with E-state index < -0.39 is 22.0 Å². The van der Waals surface area contributed by atoms with E-state index in [0.717, 1.165) is 16.6 Å². The Morgan fingerprint density at radius 1 is 1.29 bits per heavy atom. The van der Waals surface area contributed by atoms with E-state index in [0.29, 0.717) is 14.9 Å². The van der Waals surface area contributed by atoms with Crippen molar-refractivity contribution in [3.05, 3.63) is 51.6 Å². The lowest BCUT2D eigenvalue weighted by molar-refractivity contribution is -0.129. The number of primary sulfonamides is 1. The molecule has 7 nitrogen and oxygen atoms in total. The molecule has 0 saturated carbocycles. The SMILES string of the molecule is CC(C(=O)Nc1ccc(S(N)(=O)=O)cc1)N1C(=O)/C(=C/c2cccs2)SC1=S. The number of nitrogens with one attached hydrogen (secondary N) is 1. The molecule has 2 heterocycles. The fourth-order valence-corrected chi connectivity index (χ4v) is 5.06. The van der Waals surface area contributed by atoms with E-state index in [4.69, 9.17) is 17.4 Å². The van der Waals surface area contributed by atoms with Crippen LogP contribution < -0.4 is 10.5 Å². The molecule has 3 rings (SSSR count). The summed E-state index contributed by atoms with van der Waals surface area (Å²) >= 11 is 7.93. The van der Waals surface area contributed by atoms with E-state index in [-0.39, 0.29) is 10.8 Å². The lowest BCUT2D eigenvalue weighted by Crippen LogP contribution is -2.44. The minimum atomic E-state index is -3.81. The summed E-state index contributed by atoms with van der Waals surface area (Å²) in [4.78, 5) is 27.8. The van der Waals surface area contributed by atoms with Gasteiger partial charge < -0.3 is 5.32 Å². The maximum Gasteiger partial charge on any atom is 0.266 e. The Hall–Kier alpha value is -2.05. The van der Waals surface area contributed by atoms with Crippen LogP contribution in [0, 0.1) is 0 Å². The zero-order chi connectivity index (χ0) is 20.5. The molecule has 2 aromatic rings. The standard InChI is InChI=1S/C17H15N3O4S4/c1-10(15(21)19-11-4-6-13(7-5-11)28(18,23)24)20-16(22)14(27-17(20)25)9-12-3-2-8-26-12/h2-10H,1H3,(H,19,21)(H2,18,23,24)/b14-9-. The van der Waals surface area contributed by atoms with E-state index in [1.165, 1.54) is 40.5 Å². The molecule has 1 aromatic heterocycles. The van der Waals surface area contributed by atoms with Crippen LogP contribution in [-0.2, 0) is 19.6 Å². The number of hydrogen-bond donors (Lipinski definition) is 2. The molecule has 1 fully saturated rings. The van der Waals surface area contributed by atoms with Gasteiger partial charge in [-0.15, -0.1) is 11.3 Å². The Bertz CT molecular complexity index is 1060. The highest BCUT2D eigenvalue weighted by Crippen LogP contribution is 2.34. The molecule has 0 radical (unpaired) electrons. The van der Waals surface area contributed by atoms with E-state index >= 15 is 0 Å². The van der Waals surface area contributed by atoms with Crippen molar-refractivity contribution >= 4 is 73.2 Å². The van der Waals surface area contributed by atoms with Crippen molar-refractivity contribution in [1.82, 2.24) is 4.90 Å². The van der Waals surface area contributed by atoms with Gasteiger partial charge >= 0.3 is 0 Å². The number of carbonyl (C=O) groups excluding carboxylic acids is 2. The van der Waals surface area contributed by atoms with Gasteiger partial charge in [0.2, 0.25) is 15.9 Å². The van der Waals surface area contributed by atoms with Gasteiger partial charge in [-0.25, -0.2) is 13.6 Å². The molecule has 1 aliphatic rings. The third-order valence-corrected chi connectivity index (χ3v) is 6.94. The summed E-state index contributed by atoms with van der Waals surface area (Å²) < 4.78 is 22.9. The third-order valence-electron chi connectivity index (χ3n) is 3.86. The van der Waals surface area contributed by atoms with Gasteiger partial charge in [-0.05, 0) is 48.7 Å². The molecule has 11 heteroatoms. The lowest BCUT2D eigenvalue weighted by atomic mass is 10.2. The molecular formula is C17H15N3O4S4. The molecule has 3 N–H and O–H groups in total. The van der Waals surface area contributed by atoms with Crippen LogP contribution in [0.1, 0.15) is 11.8 Å². The highest BCUT2D eigenvalue weighted by Gasteiger charge is 2.38. The number of benzene rings is 1. The van der Waals surface area contributed by atoms with Gasteiger partial charge in [0.05, 0.1) is 9.80 Å². The first-order chi connectivity index (χ1) is 13.2. The molecule has 28 heavy (non-hydrogen) atoms. The number of carbonyl (C=O) groups is 2. The summed E-state index contributed by atoms with van der Waals surface area (Å²) in [5.74, 6) is -0.771. The second kappa shape index (κ2) is 8.13. The topological polar surface area (TPSA) is 110 Å². The highest BCUT2D eigenvalue weighted by molar-refractivity contribution is 8.26. The Balaban J connectivity index is 1.72. The van der Waals surface area contributed by atoms with Gasteiger partial charge in [0.25, 0.3) is 5.91 Å². The van der Waals surface area contributed by atoms with Gasteiger partial charge in [0, 0.05) is 10.6 Å². The van der Waals surface area contributed by atoms with Crippen molar-refractivity contribution in [1.29, 1.82) is 0 Å². The number of sulfonamides is 1. The quantitative estimate of drug-likeness (QED) is 0.532. The maximum absolute atomic E-state index is 12.7. The molecule has 1 saturated heterocycles. The van der Waals surface area contributed by atoms with E-state index in [1.807, 2.05) is 17.5 Å². The number of thiocarbonyl (C=S) groups is 1. The number of nitrogens with two attached hydrogens (primary N) is 1. The Morgan fingerprint density at radius 2 is 1.96 bits per heavy atom. The first kappa shape index (κ1) is 20.7. The van der Waals surface area contributed by atoms with E-state index in [1.54, 1.807) is 13.0 Å². The van der Waals surface area contributed by atoms with Crippen LogP contribution in [-0.4, -0.2) is 35.5 Å². The number of thioether (sulfide) groups is 1. The molecule has 146 valence electrons. The van der Waals surface area contributed by atoms with Gasteiger partial charge in [-0.1, -0.05) is 30.0 Å². The summed E-state index contributed by atoms with van der Waals surface area (Å²) in [6.45, 7) is 1.58. The van der Waals surface area contributed by atoms with Crippen LogP contribution in [0.4, 0.5) is 5.69 Å². The number of thiophene rings is 1. The first-order valence-corrected chi connectivity index (χ1v) is 11.6. The normalized spacial score (nSPS) is 17.2. The van der Waals surface area contributed by atoms with E-state index in [2.05, 4.69) is 5.32 Å². The third kappa shape index (κ3) is 4.50. The second-order valence-corrected chi connectivity index (χ2v) is 10.0. The largest absolute Gasteiger partial charge is 0.324 e. The van der Waals surface area contributed by atoms with Crippen LogP contribution in [0.5, 0.6) is 0 Å². The first-order valence-electron chi connectivity index (χ1n) is 7.91. The molecular weight excluding hydrogens is 438 g/mol.